The molecule has 0 aliphatic carbocycles. The van der Waals surface area contributed by atoms with E-state index in [0.717, 1.165) is 24.2 Å². The van der Waals surface area contributed by atoms with Crippen LogP contribution in [-0.4, -0.2) is 61.6 Å². The molecule has 0 saturated carbocycles. The largest absolute Gasteiger partial charge is 0.380 e. The standard InChI is InChI=1S/C20H31N3O2/c1-25-16-18-8-6-17(7-9-18)13-21-20(24)15-22-10-4-5-19(14-22)23-11-2-3-12-23/h6-9,19H,2-5,10-16H2,1H3,(H,21,24)/t19-/m0/s1. The number of hydrogen-bond donors (Lipinski definition) is 1. The van der Waals surface area contributed by atoms with Gasteiger partial charge in [0.2, 0.25) is 5.91 Å². The van der Waals surface area contributed by atoms with Crippen LogP contribution in [0.25, 0.3) is 0 Å². The predicted molar refractivity (Wildman–Crippen MR) is 99.3 cm³/mol. The fraction of sp³-hybridized carbons (Fsp3) is 0.650. The lowest BCUT2D eigenvalue weighted by Crippen LogP contribution is -2.49. The third-order valence-electron chi connectivity index (χ3n) is 5.33. The summed E-state index contributed by atoms with van der Waals surface area (Å²) >= 11 is 0. The smallest absolute Gasteiger partial charge is 0.234 e. The van der Waals surface area contributed by atoms with Gasteiger partial charge in [0, 0.05) is 26.2 Å². The van der Waals surface area contributed by atoms with E-state index in [0.29, 0.717) is 25.7 Å². The zero-order valence-corrected chi connectivity index (χ0v) is 15.4. The second kappa shape index (κ2) is 9.32. The average Bonchev–Trinajstić information content (AvgIpc) is 3.16. The Morgan fingerprint density at radius 1 is 1.12 bits per heavy atom. The molecular weight excluding hydrogens is 314 g/mol. The van der Waals surface area contributed by atoms with Crippen LogP contribution in [0.5, 0.6) is 0 Å². The number of carbonyl (C=O) groups excluding carboxylic acids is 1. The number of carbonyl (C=O) groups is 1. The highest BCUT2D eigenvalue weighted by Gasteiger charge is 2.27. The zero-order valence-electron chi connectivity index (χ0n) is 15.4. The molecule has 3 rings (SSSR count). The lowest BCUT2D eigenvalue weighted by atomic mass is 10.0. The van der Waals surface area contributed by atoms with Gasteiger partial charge in [0.1, 0.15) is 0 Å². The highest BCUT2D eigenvalue weighted by Crippen LogP contribution is 2.20. The maximum atomic E-state index is 12.3. The number of ether oxygens (including phenoxy) is 1. The molecule has 25 heavy (non-hydrogen) atoms. The lowest BCUT2D eigenvalue weighted by molar-refractivity contribution is -0.122. The molecule has 2 fully saturated rings. The second-order valence-corrected chi connectivity index (χ2v) is 7.30. The second-order valence-electron chi connectivity index (χ2n) is 7.30. The summed E-state index contributed by atoms with van der Waals surface area (Å²) in [6.45, 7) is 6.30. The minimum absolute atomic E-state index is 0.128. The monoisotopic (exact) mass is 345 g/mol. The first-order valence-electron chi connectivity index (χ1n) is 9.54. The third-order valence-corrected chi connectivity index (χ3v) is 5.33. The van der Waals surface area contributed by atoms with E-state index in [4.69, 9.17) is 4.74 Å². The summed E-state index contributed by atoms with van der Waals surface area (Å²) in [6, 6.07) is 8.86. The van der Waals surface area contributed by atoms with Crippen LogP contribution in [0.15, 0.2) is 24.3 Å². The molecule has 0 unspecified atom stereocenters. The number of nitrogens with zero attached hydrogens (tertiary/aromatic N) is 2. The Kier molecular flexibility index (Phi) is 6.84. The highest BCUT2D eigenvalue weighted by atomic mass is 16.5. The first-order valence-corrected chi connectivity index (χ1v) is 9.54. The normalized spacial score (nSPS) is 22.2. The van der Waals surface area contributed by atoms with Crippen molar-refractivity contribution in [2.24, 2.45) is 0 Å². The molecule has 1 aromatic rings. The van der Waals surface area contributed by atoms with Crippen molar-refractivity contribution in [3.63, 3.8) is 0 Å². The number of piperidine rings is 1. The van der Waals surface area contributed by atoms with E-state index in [1.54, 1.807) is 7.11 Å². The number of rotatable bonds is 7. The van der Waals surface area contributed by atoms with E-state index in [1.165, 1.54) is 38.8 Å². The van der Waals surface area contributed by atoms with E-state index in [9.17, 15) is 4.79 Å². The zero-order chi connectivity index (χ0) is 17.5. The first kappa shape index (κ1) is 18.4. The summed E-state index contributed by atoms with van der Waals surface area (Å²) in [5, 5.41) is 3.06. The van der Waals surface area contributed by atoms with Crippen LogP contribution in [0.1, 0.15) is 36.8 Å². The topological polar surface area (TPSA) is 44.8 Å². The molecule has 1 N–H and O–H groups in total. The Hall–Kier alpha value is -1.43. The molecule has 1 atom stereocenters. The molecule has 0 bridgehead atoms. The van der Waals surface area contributed by atoms with Gasteiger partial charge < -0.3 is 10.1 Å². The summed E-state index contributed by atoms with van der Waals surface area (Å²) < 4.78 is 5.12. The average molecular weight is 345 g/mol. The van der Waals surface area contributed by atoms with Crippen LogP contribution in [0.3, 0.4) is 0 Å². The third kappa shape index (κ3) is 5.53. The lowest BCUT2D eigenvalue weighted by Gasteiger charge is -2.37. The molecule has 2 heterocycles. The summed E-state index contributed by atoms with van der Waals surface area (Å²) in [5.74, 6) is 0.128. The van der Waals surface area contributed by atoms with E-state index >= 15 is 0 Å². The van der Waals surface area contributed by atoms with Gasteiger partial charge in [-0.2, -0.15) is 0 Å². The first-order chi connectivity index (χ1) is 12.2. The van der Waals surface area contributed by atoms with E-state index in [-0.39, 0.29) is 5.91 Å². The molecule has 1 amide bonds. The van der Waals surface area contributed by atoms with Crippen molar-refractivity contribution in [1.29, 1.82) is 0 Å². The Morgan fingerprint density at radius 2 is 1.84 bits per heavy atom. The van der Waals surface area contributed by atoms with Gasteiger partial charge in [-0.3, -0.25) is 14.6 Å². The maximum Gasteiger partial charge on any atom is 0.234 e. The Bertz CT molecular complexity index is 540. The fourth-order valence-electron chi connectivity index (χ4n) is 3.96. The summed E-state index contributed by atoms with van der Waals surface area (Å²) in [4.78, 5) is 17.2. The van der Waals surface area contributed by atoms with Gasteiger partial charge in [0.15, 0.2) is 0 Å². The van der Waals surface area contributed by atoms with Crippen molar-refractivity contribution >= 4 is 5.91 Å². The van der Waals surface area contributed by atoms with Gasteiger partial charge in [0.25, 0.3) is 0 Å². The van der Waals surface area contributed by atoms with Gasteiger partial charge in [-0.15, -0.1) is 0 Å². The van der Waals surface area contributed by atoms with Gasteiger partial charge in [-0.1, -0.05) is 24.3 Å². The fourth-order valence-corrected chi connectivity index (χ4v) is 3.96. The Balaban J connectivity index is 1.41. The van der Waals surface area contributed by atoms with Crippen LogP contribution in [0.2, 0.25) is 0 Å². The molecule has 5 heteroatoms. The number of likely N-dealkylation sites (tertiary alicyclic amines) is 2. The molecule has 0 spiro atoms. The van der Waals surface area contributed by atoms with Gasteiger partial charge in [-0.25, -0.2) is 0 Å². The summed E-state index contributed by atoms with van der Waals surface area (Å²) in [5.41, 5.74) is 2.28. The molecule has 138 valence electrons. The number of hydrogen-bond acceptors (Lipinski definition) is 4. The van der Waals surface area contributed by atoms with Gasteiger partial charge in [-0.05, 0) is 56.4 Å². The molecular formula is C20H31N3O2. The SMILES string of the molecule is COCc1ccc(CNC(=O)CN2CCC[C@H](N3CCCC3)C2)cc1. The molecule has 0 aromatic heterocycles. The van der Waals surface area contributed by atoms with Gasteiger partial charge >= 0.3 is 0 Å². The van der Waals surface area contributed by atoms with Crippen LogP contribution < -0.4 is 5.32 Å². The number of nitrogens with one attached hydrogen (secondary N) is 1. The van der Waals surface area contributed by atoms with Crippen molar-refractivity contribution in [3.05, 3.63) is 35.4 Å². The van der Waals surface area contributed by atoms with Crippen LogP contribution >= 0.6 is 0 Å². The number of benzene rings is 1. The molecule has 5 nitrogen and oxygen atoms in total. The van der Waals surface area contributed by atoms with Crippen LogP contribution in [-0.2, 0) is 22.7 Å². The van der Waals surface area contributed by atoms with E-state index < -0.39 is 0 Å². The van der Waals surface area contributed by atoms with E-state index in [1.807, 2.05) is 0 Å². The highest BCUT2D eigenvalue weighted by molar-refractivity contribution is 5.78. The number of methoxy groups -OCH3 is 1. The predicted octanol–water partition coefficient (Wildman–Crippen LogP) is 2.01. The van der Waals surface area contributed by atoms with Crippen molar-refractivity contribution in [1.82, 2.24) is 15.1 Å². The van der Waals surface area contributed by atoms with Crippen molar-refractivity contribution in [3.8, 4) is 0 Å². The Labute approximate surface area is 151 Å². The number of amides is 1. The molecule has 2 saturated heterocycles. The van der Waals surface area contributed by atoms with Crippen molar-refractivity contribution in [2.75, 3.05) is 39.8 Å². The maximum absolute atomic E-state index is 12.3. The molecule has 2 aliphatic rings. The summed E-state index contributed by atoms with van der Waals surface area (Å²) in [6.07, 6.45) is 5.15. The Morgan fingerprint density at radius 3 is 2.56 bits per heavy atom. The molecule has 2 aliphatic heterocycles. The minimum atomic E-state index is 0.128. The van der Waals surface area contributed by atoms with E-state index in [2.05, 4.69) is 39.4 Å². The van der Waals surface area contributed by atoms with Crippen molar-refractivity contribution in [2.45, 2.75) is 44.9 Å². The van der Waals surface area contributed by atoms with Gasteiger partial charge in [0.05, 0.1) is 13.2 Å². The molecule has 1 aromatic carbocycles. The molecule has 0 radical (unpaired) electrons. The summed E-state index contributed by atoms with van der Waals surface area (Å²) in [7, 11) is 1.70. The quantitative estimate of drug-likeness (QED) is 0.821. The minimum Gasteiger partial charge on any atom is -0.380 e. The van der Waals surface area contributed by atoms with Crippen LogP contribution in [0.4, 0.5) is 0 Å². The van der Waals surface area contributed by atoms with Crippen LogP contribution in [0, 0.1) is 0 Å². The van der Waals surface area contributed by atoms with Crippen molar-refractivity contribution < 1.29 is 9.53 Å².